The Kier molecular flexibility index (Phi) is 4.39. The number of ether oxygens (including phenoxy) is 2. The van der Waals surface area contributed by atoms with Crippen molar-refractivity contribution >= 4 is 35.0 Å². The number of anilines is 1. The second-order valence-electron chi connectivity index (χ2n) is 5.78. The van der Waals surface area contributed by atoms with E-state index in [1.807, 2.05) is 20.8 Å². The molecule has 0 saturated carbocycles. The van der Waals surface area contributed by atoms with Crippen LogP contribution in [0.4, 0.5) is 10.5 Å². The summed E-state index contributed by atoms with van der Waals surface area (Å²) in [5.74, 6) is 0.221. The average molecular weight is 334 g/mol. The Morgan fingerprint density at radius 2 is 2.05 bits per heavy atom. The monoisotopic (exact) mass is 333 g/mol. The molecule has 0 unspecified atom stereocenters. The normalized spacial score (nSPS) is 15.6. The summed E-state index contributed by atoms with van der Waals surface area (Å²) >= 11 is 11.6. The number of halogens is 2. The number of likely N-dealkylation sites (tertiary alicyclic amines) is 1. The number of nitrogen functional groups attached to an aromatic ring is 1. The van der Waals surface area contributed by atoms with E-state index in [1.165, 1.54) is 6.07 Å². The molecule has 2 heterocycles. The van der Waals surface area contributed by atoms with Gasteiger partial charge in [-0.3, -0.25) is 0 Å². The van der Waals surface area contributed by atoms with Gasteiger partial charge < -0.3 is 20.1 Å². The van der Waals surface area contributed by atoms with Gasteiger partial charge in [0.15, 0.2) is 5.15 Å². The molecule has 1 aliphatic heterocycles. The number of pyridine rings is 1. The molecule has 1 amide bonds. The summed E-state index contributed by atoms with van der Waals surface area (Å²) in [6.45, 7) is 6.28. The van der Waals surface area contributed by atoms with Crippen molar-refractivity contribution in [3.63, 3.8) is 0 Å². The predicted molar refractivity (Wildman–Crippen MR) is 80.9 cm³/mol. The van der Waals surface area contributed by atoms with Crippen LogP contribution in [0.1, 0.15) is 20.8 Å². The number of amides is 1. The molecule has 1 fully saturated rings. The minimum Gasteiger partial charge on any atom is -0.469 e. The second kappa shape index (κ2) is 5.77. The van der Waals surface area contributed by atoms with Gasteiger partial charge in [0.1, 0.15) is 11.7 Å². The van der Waals surface area contributed by atoms with E-state index in [-0.39, 0.29) is 28.3 Å². The van der Waals surface area contributed by atoms with Crippen molar-refractivity contribution in [2.24, 2.45) is 0 Å². The zero-order valence-electron chi connectivity index (χ0n) is 12.0. The molecular weight excluding hydrogens is 317 g/mol. The topological polar surface area (TPSA) is 77.7 Å². The summed E-state index contributed by atoms with van der Waals surface area (Å²) in [6.07, 6.45) is -0.554. The van der Waals surface area contributed by atoms with Crippen LogP contribution in [0.2, 0.25) is 10.2 Å². The molecule has 0 aromatic carbocycles. The molecule has 2 N–H and O–H groups in total. The molecule has 0 atom stereocenters. The summed E-state index contributed by atoms with van der Waals surface area (Å²) < 4.78 is 10.9. The summed E-state index contributed by atoms with van der Waals surface area (Å²) in [5.41, 5.74) is 5.55. The number of carbonyl (C=O) groups excluding carboxylic acids is 1. The largest absolute Gasteiger partial charge is 0.469 e. The lowest BCUT2D eigenvalue weighted by molar-refractivity contribution is -0.0230. The van der Waals surface area contributed by atoms with Gasteiger partial charge in [0.2, 0.25) is 5.88 Å². The van der Waals surface area contributed by atoms with Crippen molar-refractivity contribution in [1.82, 2.24) is 9.88 Å². The van der Waals surface area contributed by atoms with Gasteiger partial charge in [-0.2, -0.15) is 4.98 Å². The summed E-state index contributed by atoms with van der Waals surface area (Å²) in [5, 5.41) is 0.398. The molecule has 1 saturated heterocycles. The highest BCUT2D eigenvalue weighted by Crippen LogP contribution is 2.30. The van der Waals surface area contributed by atoms with Crippen LogP contribution in [0, 0.1) is 0 Å². The minimum atomic E-state index is -0.515. The molecular formula is C13H17Cl2N3O3. The van der Waals surface area contributed by atoms with Crippen molar-refractivity contribution in [2.45, 2.75) is 32.5 Å². The Bertz CT molecular complexity index is 554. The molecule has 0 bridgehead atoms. The van der Waals surface area contributed by atoms with Gasteiger partial charge in [-0.25, -0.2) is 4.79 Å². The highest BCUT2D eigenvalue weighted by Gasteiger charge is 2.35. The standard InChI is InChI=1S/C13H17Cl2N3O3/c1-13(2,3)21-12(19)18-5-7(6-18)20-11-9(16)4-8(14)10(15)17-11/h4,7H,5-6,16H2,1-3H3. The van der Waals surface area contributed by atoms with Crippen molar-refractivity contribution in [3.05, 3.63) is 16.2 Å². The van der Waals surface area contributed by atoms with Gasteiger partial charge in [0.05, 0.1) is 23.8 Å². The molecule has 0 radical (unpaired) electrons. The smallest absolute Gasteiger partial charge is 0.410 e. The molecule has 8 heteroatoms. The zero-order chi connectivity index (χ0) is 15.8. The van der Waals surface area contributed by atoms with Crippen LogP contribution in [0.3, 0.4) is 0 Å². The Morgan fingerprint density at radius 3 is 2.62 bits per heavy atom. The number of nitrogens with two attached hydrogens (primary N) is 1. The van der Waals surface area contributed by atoms with Gasteiger partial charge in [-0.1, -0.05) is 23.2 Å². The first-order chi connectivity index (χ1) is 9.65. The molecule has 21 heavy (non-hydrogen) atoms. The highest BCUT2D eigenvalue weighted by atomic mass is 35.5. The minimum absolute atomic E-state index is 0.129. The van der Waals surface area contributed by atoms with E-state index in [0.717, 1.165) is 0 Å². The number of hydrogen-bond acceptors (Lipinski definition) is 5. The van der Waals surface area contributed by atoms with E-state index in [2.05, 4.69) is 4.98 Å². The van der Waals surface area contributed by atoms with Crippen LogP contribution < -0.4 is 10.5 Å². The first-order valence-electron chi connectivity index (χ1n) is 6.42. The maximum absolute atomic E-state index is 11.8. The number of aromatic nitrogens is 1. The number of hydrogen-bond donors (Lipinski definition) is 1. The lowest BCUT2D eigenvalue weighted by Gasteiger charge is -2.39. The summed E-state index contributed by atoms with van der Waals surface area (Å²) in [6, 6.07) is 1.48. The maximum atomic E-state index is 11.8. The third-order valence-corrected chi connectivity index (χ3v) is 3.38. The number of rotatable bonds is 2. The highest BCUT2D eigenvalue weighted by molar-refractivity contribution is 6.41. The summed E-state index contributed by atoms with van der Waals surface area (Å²) in [4.78, 5) is 17.3. The predicted octanol–water partition coefficient (Wildman–Crippen LogP) is 2.97. The Labute approximate surface area is 133 Å². The molecule has 2 rings (SSSR count). The van der Waals surface area contributed by atoms with Gasteiger partial charge in [0, 0.05) is 0 Å². The molecule has 6 nitrogen and oxygen atoms in total. The average Bonchev–Trinajstić information content (AvgIpc) is 2.26. The van der Waals surface area contributed by atoms with Gasteiger partial charge in [-0.05, 0) is 26.8 Å². The third-order valence-electron chi connectivity index (χ3n) is 2.70. The fourth-order valence-corrected chi connectivity index (χ4v) is 2.00. The van der Waals surface area contributed by atoms with E-state index >= 15 is 0 Å². The van der Waals surface area contributed by atoms with E-state index in [9.17, 15) is 4.79 Å². The van der Waals surface area contributed by atoms with Crippen LogP contribution >= 0.6 is 23.2 Å². The Balaban J connectivity index is 1.89. The molecule has 1 aromatic rings. The molecule has 116 valence electrons. The quantitative estimate of drug-likeness (QED) is 0.842. The van der Waals surface area contributed by atoms with Crippen LogP contribution in [0.5, 0.6) is 5.88 Å². The van der Waals surface area contributed by atoms with Crippen LogP contribution in [0.15, 0.2) is 6.07 Å². The molecule has 0 aliphatic carbocycles. The first kappa shape index (κ1) is 16.0. The Morgan fingerprint density at radius 1 is 1.43 bits per heavy atom. The van der Waals surface area contributed by atoms with Crippen molar-refractivity contribution in [2.75, 3.05) is 18.8 Å². The third kappa shape index (κ3) is 4.04. The maximum Gasteiger partial charge on any atom is 0.410 e. The van der Waals surface area contributed by atoms with E-state index in [1.54, 1.807) is 4.90 Å². The molecule has 0 spiro atoms. The van der Waals surface area contributed by atoms with E-state index in [0.29, 0.717) is 18.8 Å². The molecule has 1 aromatic heterocycles. The SMILES string of the molecule is CC(C)(C)OC(=O)N1CC(Oc2nc(Cl)c(Cl)cc2N)C1. The van der Waals surface area contributed by atoms with E-state index < -0.39 is 5.60 Å². The summed E-state index contributed by atoms with van der Waals surface area (Å²) in [7, 11) is 0. The van der Waals surface area contributed by atoms with Gasteiger partial charge >= 0.3 is 6.09 Å². The second-order valence-corrected chi connectivity index (χ2v) is 6.55. The lowest BCUT2D eigenvalue weighted by Crippen LogP contribution is -2.57. The van der Waals surface area contributed by atoms with Crippen LogP contribution in [0.25, 0.3) is 0 Å². The van der Waals surface area contributed by atoms with E-state index in [4.69, 9.17) is 38.4 Å². The molecule has 1 aliphatic rings. The first-order valence-corrected chi connectivity index (χ1v) is 7.17. The lowest BCUT2D eigenvalue weighted by atomic mass is 10.1. The van der Waals surface area contributed by atoms with Gasteiger partial charge in [-0.15, -0.1) is 0 Å². The number of carbonyl (C=O) groups is 1. The Hall–Kier alpha value is -1.40. The van der Waals surface area contributed by atoms with Crippen molar-refractivity contribution in [3.8, 4) is 5.88 Å². The fourth-order valence-electron chi connectivity index (χ4n) is 1.71. The van der Waals surface area contributed by atoms with Crippen molar-refractivity contribution in [1.29, 1.82) is 0 Å². The number of nitrogens with zero attached hydrogens (tertiary/aromatic N) is 2. The van der Waals surface area contributed by atoms with Crippen molar-refractivity contribution < 1.29 is 14.3 Å². The zero-order valence-corrected chi connectivity index (χ0v) is 13.5. The van der Waals surface area contributed by atoms with Crippen LogP contribution in [-0.2, 0) is 4.74 Å². The van der Waals surface area contributed by atoms with Crippen LogP contribution in [-0.4, -0.2) is 40.8 Å². The van der Waals surface area contributed by atoms with Gasteiger partial charge in [0.25, 0.3) is 0 Å². The fraction of sp³-hybridized carbons (Fsp3) is 0.538.